The molecule has 3 nitrogen and oxygen atoms in total. The second-order valence-corrected chi connectivity index (χ2v) is 6.18. The molecule has 102 valence electrons. The lowest BCUT2D eigenvalue weighted by atomic mass is 9.83. The summed E-state index contributed by atoms with van der Waals surface area (Å²) in [6.45, 7) is 0. The van der Waals surface area contributed by atoms with E-state index in [2.05, 4.69) is 26.6 Å². The molecule has 5 heteroatoms. The van der Waals surface area contributed by atoms with Crippen molar-refractivity contribution in [3.63, 3.8) is 0 Å². The van der Waals surface area contributed by atoms with Crippen LogP contribution in [-0.4, -0.2) is 11.9 Å². The zero-order chi connectivity index (χ0) is 13.4. The number of nitrogens with one attached hydrogen (secondary N) is 2. The summed E-state index contributed by atoms with van der Waals surface area (Å²) in [6.07, 6.45) is 5.75. The summed E-state index contributed by atoms with van der Waals surface area (Å²) in [6, 6.07) is 2.81. The number of rotatable bonds is 1. The first kappa shape index (κ1) is 12.9. The molecule has 0 spiro atoms. The van der Waals surface area contributed by atoms with Crippen LogP contribution in [0.5, 0.6) is 0 Å². The number of carbonyl (C=O) groups is 1. The van der Waals surface area contributed by atoms with E-state index in [0.29, 0.717) is 21.8 Å². The maximum atomic E-state index is 13.6. The average molecular weight is 327 g/mol. The smallest absolute Gasteiger partial charge is 0.247 e. The first-order valence-corrected chi connectivity index (χ1v) is 7.51. The highest BCUT2D eigenvalue weighted by Crippen LogP contribution is 2.36. The highest BCUT2D eigenvalue weighted by Gasteiger charge is 2.33. The van der Waals surface area contributed by atoms with Crippen molar-refractivity contribution in [3.05, 3.63) is 22.4 Å². The molecule has 3 rings (SSSR count). The summed E-state index contributed by atoms with van der Waals surface area (Å²) in [7, 11) is 0. The van der Waals surface area contributed by atoms with Gasteiger partial charge in [0.25, 0.3) is 0 Å². The molecule has 1 aromatic carbocycles. The van der Waals surface area contributed by atoms with Crippen LogP contribution < -0.4 is 10.6 Å². The van der Waals surface area contributed by atoms with Crippen molar-refractivity contribution in [3.8, 4) is 0 Å². The molecule has 0 aromatic heterocycles. The lowest BCUT2D eigenvalue weighted by molar-refractivity contribution is -0.118. The van der Waals surface area contributed by atoms with Gasteiger partial charge in [-0.3, -0.25) is 4.79 Å². The van der Waals surface area contributed by atoms with E-state index in [1.165, 1.54) is 25.3 Å². The van der Waals surface area contributed by atoms with Gasteiger partial charge in [0.2, 0.25) is 5.91 Å². The Hall–Kier alpha value is -1.10. The van der Waals surface area contributed by atoms with E-state index in [-0.39, 0.29) is 17.8 Å². The number of benzene rings is 1. The van der Waals surface area contributed by atoms with Crippen LogP contribution in [-0.2, 0) is 4.79 Å². The van der Waals surface area contributed by atoms with E-state index in [9.17, 15) is 9.18 Å². The molecule has 0 radical (unpaired) electrons. The Bertz CT molecular complexity index is 514. The zero-order valence-electron chi connectivity index (χ0n) is 10.5. The number of hydrogen-bond donors (Lipinski definition) is 2. The fourth-order valence-corrected chi connectivity index (χ4v) is 3.36. The van der Waals surface area contributed by atoms with E-state index < -0.39 is 0 Å². The fraction of sp³-hybridized carbons (Fsp3) is 0.500. The topological polar surface area (TPSA) is 41.1 Å². The number of amides is 1. The van der Waals surface area contributed by atoms with E-state index in [1.54, 1.807) is 6.07 Å². The van der Waals surface area contributed by atoms with Crippen molar-refractivity contribution in [2.75, 3.05) is 10.6 Å². The van der Waals surface area contributed by atoms with Crippen LogP contribution in [0.25, 0.3) is 0 Å². The number of carbonyl (C=O) groups excluding carboxylic acids is 1. The summed E-state index contributed by atoms with van der Waals surface area (Å²) in [5.41, 5.74) is 1.32. The number of hydrogen-bond acceptors (Lipinski definition) is 2. The van der Waals surface area contributed by atoms with E-state index in [1.807, 2.05) is 0 Å². The van der Waals surface area contributed by atoms with Crippen LogP contribution in [0, 0.1) is 11.7 Å². The molecular weight excluding hydrogens is 311 g/mol. The maximum Gasteiger partial charge on any atom is 0.247 e. The van der Waals surface area contributed by atoms with Crippen LogP contribution in [0.15, 0.2) is 16.6 Å². The molecular formula is C14H16BrFN2O. The standard InChI is InChI=1S/C14H16BrFN2O/c15-9-6-11-12(7-10(9)16)17-13(14(19)18-11)8-4-2-1-3-5-8/h6-8,13,17H,1-5H2,(H,18,19). The Balaban J connectivity index is 1.86. The van der Waals surface area contributed by atoms with Crippen LogP contribution in [0.1, 0.15) is 32.1 Å². The summed E-state index contributed by atoms with van der Waals surface area (Å²) < 4.78 is 13.9. The molecule has 0 bridgehead atoms. The lowest BCUT2D eigenvalue weighted by Gasteiger charge is -2.34. The largest absolute Gasteiger partial charge is 0.372 e. The van der Waals surface area contributed by atoms with Crippen LogP contribution in [0.2, 0.25) is 0 Å². The van der Waals surface area contributed by atoms with Gasteiger partial charge in [0.15, 0.2) is 0 Å². The summed E-state index contributed by atoms with van der Waals surface area (Å²) in [5, 5.41) is 6.09. The monoisotopic (exact) mass is 326 g/mol. The zero-order valence-corrected chi connectivity index (χ0v) is 12.1. The molecule has 2 aliphatic rings. The molecule has 1 aliphatic carbocycles. The van der Waals surface area contributed by atoms with Gasteiger partial charge in [-0.05, 0) is 40.8 Å². The third-order valence-corrected chi connectivity index (χ3v) is 4.64. The van der Waals surface area contributed by atoms with Crippen molar-refractivity contribution in [2.24, 2.45) is 5.92 Å². The molecule has 1 fully saturated rings. The minimum Gasteiger partial charge on any atom is -0.372 e. The predicted molar refractivity (Wildman–Crippen MR) is 76.7 cm³/mol. The van der Waals surface area contributed by atoms with Crippen molar-refractivity contribution >= 4 is 33.2 Å². The molecule has 1 aromatic rings. The lowest BCUT2D eigenvalue weighted by Crippen LogP contribution is -2.44. The molecule has 1 heterocycles. The molecule has 2 N–H and O–H groups in total. The molecule has 1 aliphatic heterocycles. The maximum absolute atomic E-state index is 13.6. The van der Waals surface area contributed by atoms with Crippen molar-refractivity contribution in [1.82, 2.24) is 0 Å². The quantitative estimate of drug-likeness (QED) is 0.821. The third-order valence-electron chi connectivity index (χ3n) is 4.03. The SMILES string of the molecule is O=C1Nc2cc(Br)c(F)cc2NC1C1CCCCC1. The van der Waals surface area contributed by atoms with Gasteiger partial charge in [-0.2, -0.15) is 0 Å². The first-order chi connectivity index (χ1) is 9.15. The fourth-order valence-electron chi connectivity index (χ4n) is 3.01. The highest BCUT2D eigenvalue weighted by atomic mass is 79.9. The van der Waals surface area contributed by atoms with E-state index in [4.69, 9.17) is 0 Å². The van der Waals surface area contributed by atoms with Crippen LogP contribution >= 0.6 is 15.9 Å². The minimum atomic E-state index is -0.315. The Morgan fingerprint density at radius 2 is 1.89 bits per heavy atom. The molecule has 1 amide bonds. The number of halogens is 2. The molecule has 0 saturated heterocycles. The predicted octanol–water partition coefficient (Wildman–Crippen LogP) is 3.90. The van der Waals surface area contributed by atoms with Gasteiger partial charge >= 0.3 is 0 Å². The van der Waals surface area contributed by atoms with Crippen molar-refractivity contribution in [2.45, 2.75) is 38.1 Å². The van der Waals surface area contributed by atoms with Gasteiger partial charge in [0.05, 0.1) is 15.8 Å². The third kappa shape index (κ3) is 2.48. The molecule has 1 saturated carbocycles. The van der Waals surface area contributed by atoms with Gasteiger partial charge in [0.1, 0.15) is 11.9 Å². The Labute approximate surface area is 120 Å². The summed E-state index contributed by atoms with van der Waals surface area (Å²) >= 11 is 3.13. The van der Waals surface area contributed by atoms with Gasteiger partial charge in [-0.15, -0.1) is 0 Å². The van der Waals surface area contributed by atoms with Crippen molar-refractivity contribution < 1.29 is 9.18 Å². The number of fused-ring (bicyclic) bond motifs is 1. The second-order valence-electron chi connectivity index (χ2n) is 5.32. The summed E-state index contributed by atoms with van der Waals surface area (Å²) in [5.74, 6) is 0.0382. The van der Waals surface area contributed by atoms with Gasteiger partial charge in [-0.25, -0.2) is 4.39 Å². The second kappa shape index (κ2) is 5.12. The summed E-state index contributed by atoms with van der Waals surface area (Å²) in [4.78, 5) is 12.2. The Morgan fingerprint density at radius 3 is 2.63 bits per heavy atom. The van der Waals surface area contributed by atoms with Crippen molar-refractivity contribution in [1.29, 1.82) is 0 Å². The van der Waals surface area contributed by atoms with Gasteiger partial charge < -0.3 is 10.6 Å². The normalized spacial score (nSPS) is 23.5. The van der Waals surface area contributed by atoms with Gasteiger partial charge in [-0.1, -0.05) is 19.3 Å². The Morgan fingerprint density at radius 1 is 1.16 bits per heavy atom. The van der Waals surface area contributed by atoms with E-state index >= 15 is 0 Å². The Kier molecular flexibility index (Phi) is 3.48. The molecule has 19 heavy (non-hydrogen) atoms. The first-order valence-electron chi connectivity index (χ1n) is 6.71. The van der Waals surface area contributed by atoms with E-state index in [0.717, 1.165) is 12.8 Å². The minimum absolute atomic E-state index is 0.00194. The molecule has 1 atom stereocenters. The average Bonchev–Trinajstić information content (AvgIpc) is 2.41. The van der Waals surface area contributed by atoms with Gasteiger partial charge in [0, 0.05) is 6.07 Å². The molecule has 1 unspecified atom stereocenters. The highest BCUT2D eigenvalue weighted by molar-refractivity contribution is 9.10. The number of anilines is 2. The van der Waals surface area contributed by atoms with Crippen LogP contribution in [0.3, 0.4) is 0 Å². The van der Waals surface area contributed by atoms with Crippen LogP contribution in [0.4, 0.5) is 15.8 Å².